The first kappa shape index (κ1) is 10.9. The van der Waals surface area contributed by atoms with Gasteiger partial charge in [-0.3, -0.25) is 0 Å². The van der Waals surface area contributed by atoms with Crippen molar-refractivity contribution in [1.29, 1.82) is 0 Å². The normalized spacial score (nSPS) is 12.3. The van der Waals surface area contributed by atoms with Gasteiger partial charge in [-0.25, -0.2) is 4.39 Å². The summed E-state index contributed by atoms with van der Waals surface area (Å²) in [5.41, 5.74) is 5.73. The molecule has 1 nitrogen and oxygen atoms in total. The SMILES string of the molecule is CC(C)(F)c1cccc(/C=C/CN)c1. The van der Waals surface area contributed by atoms with E-state index in [4.69, 9.17) is 5.73 Å². The van der Waals surface area contributed by atoms with E-state index >= 15 is 0 Å². The molecule has 2 N–H and O–H groups in total. The van der Waals surface area contributed by atoms with Gasteiger partial charge in [0.1, 0.15) is 5.67 Å². The maximum Gasteiger partial charge on any atom is 0.130 e. The topological polar surface area (TPSA) is 26.0 Å². The smallest absolute Gasteiger partial charge is 0.130 e. The largest absolute Gasteiger partial charge is 0.327 e. The molecule has 0 amide bonds. The molecule has 14 heavy (non-hydrogen) atoms. The van der Waals surface area contributed by atoms with Gasteiger partial charge in [0.15, 0.2) is 0 Å². The maximum atomic E-state index is 13.6. The highest BCUT2D eigenvalue weighted by Crippen LogP contribution is 2.25. The molecule has 0 aromatic heterocycles. The van der Waals surface area contributed by atoms with Crippen LogP contribution in [0.5, 0.6) is 0 Å². The molecule has 0 atom stereocenters. The van der Waals surface area contributed by atoms with Gasteiger partial charge in [-0.15, -0.1) is 0 Å². The van der Waals surface area contributed by atoms with Gasteiger partial charge in [-0.2, -0.15) is 0 Å². The zero-order valence-electron chi connectivity index (χ0n) is 8.63. The molecule has 0 aliphatic heterocycles. The fourth-order valence-corrected chi connectivity index (χ4v) is 1.22. The number of rotatable bonds is 3. The second kappa shape index (κ2) is 4.38. The van der Waals surface area contributed by atoms with Crippen LogP contribution in [0.15, 0.2) is 30.3 Å². The Bertz CT molecular complexity index is 323. The van der Waals surface area contributed by atoms with E-state index in [0.29, 0.717) is 12.1 Å². The zero-order chi connectivity index (χ0) is 10.6. The molecule has 0 fully saturated rings. The van der Waals surface area contributed by atoms with Gasteiger partial charge in [-0.05, 0) is 31.0 Å². The molecule has 0 unspecified atom stereocenters. The van der Waals surface area contributed by atoms with Gasteiger partial charge in [-0.1, -0.05) is 30.4 Å². The number of nitrogens with two attached hydrogens (primary N) is 1. The average Bonchev–Trinajstić information content (AvgIpc) is 2.14. The highest BCUT2D eigenvalue weighted by Gasteiger charge is 2.17. The van der Waals surface area contributed by atoms with Crippen LogP contribution in [0.1, 0.15) is 25.0 Å². The van der Waals surface area contributed by atoms with Gasteiger partial charge in [0.25, 0.3) is 0 Å². The molecular weight excluding hydrogens is 177 g/mol. The van der Waals surface area contributed by atoms with Crippen LogP contribution in [0.2, 0.25) is 0 Å². The minimum absolute atomic E-state index is 0.503. The molecule has 0 bridgehead atoms. The lowest BCUT2D eigenvalue weighted by atomic mass is 9.98. The number of alkyl halides is 1. The maximum absolute atomic E-state index is 13.6. The second-order valence-corrected chi connectivity index (χ2v) is 3.74. The average molecular weight is 193 g/mol. The minimum atomic E-state index is -1.29. The molecule has 0 saturated heterocycles. The molecule has 0 saturated carbocycles. The van der Waals surface area contributed by atoms with Gasteiger partial charge in [0.05, 0.1) is 0 Å². The van der Waals surface area contributed by atoms with E-state index < -0.39 is 5.67 Å². The van der Waals surface area contributed by atoms with Crippen LogP contribution in [-0.4, -0.2) is 6.54 Å². The summed E-state index contributed by atoms with van der Waals surface area (Å²) in [4.78, 5) is 0. The van der Waals surface area contributed by atoms with Crippen LogP contribution in [0, 0.1) is 0 Å². The lowest BCUT2D eigenvalue weighted by Gasteiger charge is -2.14. The standard InChI is InChI=1S/C12H16FN/c1-12(2,13)11-7-3-5-10(9-11)6-4-8-14/h3-7,9H,8,14H2,1-2H3/b6-4+. The first-order chi connectivity index (χ1) is 6.54. The molecule has 2 heteroatoms. The van der Waals surface area contributed by atoms with Crippen LogP contribution in [0.3, 0.4) is 0 Å². The molecule has 0 aliphatic carbocycles. The summed E-state index contributed by atoms with van der Waals surface area (Å²) in [6.07, 6.45) is 3.75. The van der Waals surface area contributed by atoms with Crippen molar-refractivity contribution in [2.24, 2.45) is 5.73 Å². The number of benzene rings is 1. The van der Waals surface area contributed by atoms with Crippen molar-refractivity contribution in [3.8, 4) is 0 Å². The van der Waals surface area contributed by atoms with Crippen molar-refractivity contribution >= 4 is 6.08 Å². The van der Waals surface area contributed by atoms with Crippen molar-refractivity contribution in [3.63, 3.8) is 0 Å². The highest BCUT2D eigenvalue weighted by atomic mass is 19.1. The first-order valence-electron chi connectivity index (χ1n) is 4.70. The van der Waals surface area contributed by atoms with Crippen LogP contribution in [0.4, 0.5) is 4.39 Å². The van der Waals surface area contributed by atoms with Gasteiger partial charge in [0.2, 0.25) is 0 Å². The summed E-state index contributed by atoms with van der Waals surface area (Å²) >= 11 is 0. The lowest BCUT2D eigenvalue weighted by molar-refractivity contribution is 0.221. The first-order valence-corrected chi connectivity index (χ1v) is 4.70. The third-order valence-electron chi connectivity index (χ3n) is 2.02. The van der Waals surface area contributed by atoms with E-state index in [0.717, 1.165) is 5.56 Å². The number of hydrogen-bond donors (Lipinski definition) is 1. The Labute approximate surface area is 84.4 Å². The van der Waals surface area contributed by atoms with Gasteiger partial charge < -0.3 is 5.73 Å². The second-order valence-electron chi connectivity index (χ2n) is 3.74. The molecular formula is C12H16FN. The molecule has 1 aromatic carbocycles. The van der Waals surface area contributed by atoms with Crippen molar-refractivity contribution in [1.82, 2.24) is 0 Å². The minimum Gasteiger partial charge on any atom is -0.327 e. The fourth-order valence-electron chi connectivity index (χ4n) is 1.22. The highest BCUT2D eigenvalue weighted by molar-refractivity contribution is 5.51. The molecule has 1 rings (SSSR count). The molecule has 1 aromatic rings. The Morgan fingerprint density at radius 1 is 1.43 bits per heavy atom. The molecule has 76 valence electrons. The third-order valence-corrected chi connectivity index (χ3v) is 2.02. The summed E-state index contributed by atoms with van der Waals surface area (Å²) in [5.74, 6) is 0. The monoisotopic (exact) mass is 193 g/mol. The molecule has 0 spiro atoms. The third kappa shape index (κ3) is 2.96. The van der Waals surface area contributed by atoms with Crippen molar-refractivity contribution in [2.45, 2.75) is 19.5 Å². The Balaban J connectivity index is 2.96. The van der Waals surface area contributed by atoms with Crippen LogP contribution in [-0.2, 0) is 5.67 Å². The van der Waals surface area contributed by atoms with E-state index in [2.05, 4.69) is 0 Å². The number of hydrogen-bond acceptors (Lipinski definition) is 1. The summed E-state index contributed by atoms with van der Waals surface area (Å²) in [6, 6.07) is 7.42. The Kier molecular flexibility index (Phi) is 3.42. The molecule has 0 heterocycles. The Morgan fingerprint density at radius 2 is 2.14 bits per heavy atom. The Morgan fingerprint density at radius 3 is 2.71 bits per heavy atom. The molecule has 0 aliphatic rings. The Hall–Kier alpha value is -1.15. The van der Waals surface area contributed by atoms with Crippen molar-refractivity contribution in [3.05, 3.63) is 41.5 Å². The van der Waals surface area contributed by atoms with Crippen LogP contribution < -0.4 is 5.73 Å². The van der Waals surface area contributed by atoms with Crippen LogP contribution in [0.25, 0.3) is 6.08 Å². The van der Waals surface area contributed by atoms with Gasteiger partial charge >= 0.3 is 0 Å². The summed E-state index contributed by atoms with van der Waals surface area (Å²) < 4.78 is 13.6. The van der Waals surface area contributed by atoms with E-state index in [1.807, 2.05) is 30.4 Å². The summed E-state index contributed by atoms with van der Waals surface area (Å²) in [6.45, 7) is 3.61. The number of halogens is 1. The zero-order valence-corrected chi connectivity index (χ0v) is 8.63. The summed E-state index contributed by atoms with van der Waals surface area (Å²) in [7, 11) is 0. The van der Waals surface area contributed by atoms with E-state index in [1.165, 1.54) is 0 Å². The van der Waals surface area contributed by atoms with E-state index in [9.17, 15) is 4.39 Å². The lowest BCUT2D eigenvalue weighted by Crippen LogP contribution is -2.08. The van der Waals surface area contributed by atoms with E-state index in [-0.39, 0.29) is 0 Å². The predicted octanol–water partition coefficient (Wildman–Crippen LogP) is 2.86. The fraction of sp³-hybridized carbons (Fsp3) is 0.333. The quantitative estimate of drug-likeness (QED) is 0.784. The van der Waals surface area contributed by atoms with E-state index in [1.54, 1.807) is 19.9 Å². The summed E-state index contributed by atoms with van der Waals surface area (Å²) in [5, 5.41) is 0. The predicted molar refractivity (Wildman–Crippen MR) is 58.7 cm³/mol. The molecule has 0 radical (unpaired) electrons. The van der Waals surface area contributed by atoms with Crippen molar-refractivity contribution in [2.75, 3.05) is 6.54 Å². The van der Waals surface area contributed by atoms with Crippen molar-refractivity contribution < 1.29 is 4.39 Å². The van der Waals surface area contributed by atoms with Gasteiger partial charge in [0, 0.05) is 6.54 Å². The van der Waals surface area contributed by atoms with Crippen LogP contribution >= 0.6 is 0 Å².